The molecule has 0 spiro atoms. The third-order valence-corrected chi connectivity index (χ3v) is 6.39. The molecule has 7 nitrogen and oxygen atoms in total. The van der Waals surface area contributed by atoms with Crippen LogP contribution < -0.4 is 10.6 Å². The van der Waals surface area contributed by atoms with Crippen molar-refractivity contribution in [3.05, 3.63) is 35.9 Å². The Kier molecular flexibility index (Phi) is 7.38. The van der Waals surface area contributed by atoms with Crippen molar-refractivity contribution in [1.82, 2.24) is 14.9 Å². The molecule has 1 saturated heterocycles. The summed E-state index contributed by atoms with van der Waals surface area (Å²) in [4.78, 5) is 25.3. The Morgan fingerprint density at radius 1 is 1.19 bits per heavy atom. The third-order valence-electron chi connectivity index (χ3n) is 5.09. The van der Waals surface area contributed by atoms with Gasteiger partial charge < -0.3 is 10.6 Å². The van der Waals surface area contributed by atoms with E-state index in [0.29, 0.717) is 31.5 Å². The van der Waals surface area contributed by atoms with Crippen molar-refractivity contribution in [2.24, 2.45) is 5.92 Å². The summed E-state index contributed by atoms with van der Waals surface area (Å²) < 4.78 is 24.6. The van der Waals surface area contributed by atoms with Crippen molar-refractivity contribution < 1.29 is 18.0 Å². The van der Waals surface area contributed by atoms with Crippen LogP contribution in [-0.4, -0.2) is 56.0 Å². The van der Waals surface area contributed by atoms with Gasteiger partial charge in [-0.05, 0) is 30.9 Å². The van der Waals surface area contributed by atoms with Crippen LogP contribution in [0.4, 0.5) is 0 Å². The van der Waals surface area contributed by atoms with E-state index in [2.05, 4.69) is 10.6 Å². The minimum Gasteiger partial charge on any atom is -0.351 e. The molecule has 2 unspecified atom stereocenters. The van der Waals surface area contributed by atoms with Gasteiger partial charge in [-0.1, -0.05) is 38.5 Å². The maximum atomic E-state index is 12.8. The van der Waals surface area contributed by atoms with Gasteiger partial charge >= 0.3 is 0 Å². The molecule has 8 heteroatoms. The zero-order valence-corrected chi connectivity index (χ0v) is 17.0. The molecule has 1 fully saturated rings. The summed E-state index contributed by atoms with van der Waals surface area (Å²) in [6.07, 6.45) is 3.08. The van der Waals surface area contributed by atoms with Gasteiger partial charge in [0.15, 0.2) is 0 Å². The first kappa shape index (κ1) is 21.4. The fraction of sp³-hybridized carbons (Fsp3) is 0.579. The molecule has 1 aromatic carbocycles. The van der Waals surface area contributed by atoms with Gasteiger partial charge in [0.1, 0.15) is 6.04 Å². The highest BCUT2D eigenvalue weighted by molar-refractivity contribution is 7.88. The number of piperidine rings is 1. The molecule has 0 aromatic heterocycles. The lowest BCUT2D eigenvalue weighted by Gasteiger charge is -2.32. The highest BCUT2D eigenvalue weighted by Gasteiger charge is 2.30. The second-order valence-corrected chi connectivity index (χ2v) is 9.13. The van der Waals surface area contributed by atoms with Crippen molar-refractivity contribution in [2.45, 2.75) is 45.2 Å². The molecule has 1 heterocycles. The Bertz CT molecular complexity index is 743. The lowest BCUT2D eigenvalue weighted by atomic mass is 9.96. The molecule has 27 heavy (non-hydrogen) atoms. The first-order valence-electron chi connectivity index (χ1n) is 9.33. The van der Waals surface area contributed by atoms with E-state index in [4.69, 9.17) is 0 Å². The van der Waals surface area contributed by atoms with Crippen LogP contribution in [0.5, 0.6) is 0 Å². The number of nitrogens with zero attached hydrogens (tertiary/aromatic N) is 1. The van der Waals surface area contributed by atoms with E-state index in [1.54, 1.807) is 24.3 Å². The molecule has 1 aliphatic rings. The van der Waals surface area contributed by atoms with Gasteiger partial charge in [-0.3, -0.25) is 9.59 Å². The fourth-order valence-electron chi connectivity index (χ4n) is 3.14. The number of rotatable bonds is 7. The van der Waals surface area contributed by atoms with Crippen molar-refractivity contribution in [2.75, 3.05) is 19.3 Å². The molecule has 150 valence electrons. The van der Waals surface area contributed by atoms with E-state index in [1.165, 1.54) is 10.6 Å². The van der Waals surface area contributed by atoms with Crippen LogP contribution in [0.3, 0.4) is 0 Å². The number of nitrogens with one attached hydrogen (secondary N) is 2. The van der Waals surface area contributed by atoms with Gasteiger partial charge in [0.2, 0.25) is 15.9 Å². The molecule has 2 atom stereocenters. The molecular weight excluding hydrogens is 366 g/mol. The van der Waals surface area contributed by atoms with Crippen LogP contribution in [0.2, 0.25) is 0 Å². The van der Waals surface area contributed by atoms with E-state index in [-0.39, 0.29) is 23.8 Å². The van der Waals surface area contributed by atoms with E-state index in [0.717, 1.165) is 6.42 Å². The number of benzene rings is 1. The Morgan fingerprint density at radius 2 is 1.78 bits per heavy atom. The number of carbonyl (C=O) groups is 2. The Balaban J connectivity index is 1.98. The largest absolute Gasteiger partial charge is 0.351 e. The highest BCUT2D eigenvalue weighted by atomic mass is 32.2. The monoisotopic (exact) mass is 395 g/mol. The molecule has 0 radical (unpaired) electrons. The zero-order valence-electron chi connectivity index (χ0n) is 16.1. The summed E-state index contributed by atoms with van der Waals surface area (Å²) >= 11 is 0. The summed E-state index contributed by atoms with van der Waals surface area (Å²) in [6.45, 7) is 4.70. The molecule has 2 amide bonds. The van der Waals surface area contributed by atoms with Crippen LogP contribution in [0.25, 0.3) is 0 Å². The summed E-state index contributed by atoms with van der Waals surface area (Å²) in [5, 5.41) is 5.84. The number of amides is 2. The quantitative estimate of drug-likeness (QED) is 0.729. The average molecular weight is 396 g/mol. The second-order valence-electron chi connectivity index (χ2n) is 7.15. The standard InChI is InChI=1S/C19H29N3O4S/c1-4-14(2)17(21-18(23)15-8-6-5-7-9-15)19(24)20-16-10-12-22(13-11-16)27(3,25)26/h5-9,14,16-17H,4,10-13H2,1-3H3,(H,20,24)(H,21,23). The zero-order chi connectivity index (χ0) is 20.0. The number of hydrogen-bond donors (Lipinski definition) is 2. The molecule has 0 bridgehead atoms. The normalized spacial score (nSPS) is 18.5. The van der Waals surface area contributed by atoms with Crippen LogP contribution in [0.15, 0.2) is 30.3 Å². The average Bonchev–Trinajstić information content (AvgIpc) is 2.65. The van der Waals surface area contributed by atoms with Crippen molar-refractivity contribution >= 4 is 21.8 Å². The predicted molar refractivity (Wildman–Crippen MR) is 105 cm³/mol. The molecule has 0 aliphatic carbocycles. The molecule has 1 aromatic rings. The Labute approximate surface area is 161 Å². The fourth-order valence-corrected chi connectivity index (χ4v) is 4.01. The summed E-state index contributed by atoms with van der Waals surface area (Å²) in [5.74, 6) is -0.511. The van der Waals surface area contributed by atoms with Gasteiger partial charge in [0, 0.05) is 24.7 Å². The molecule has 2 rings (SSSR count). The minimum absolute atomic E-state index is 0.0197. The number of carbonyl (C=O) groups excluding carboxylic acids is 2. The molecule has 2 N–H and O–H groups in total. The smallest absolute Gasteiger partial charge is 0.251 e. The highest BCUT2D eigenvalue weighted by Crippen LogP contribution is 2.15. The van der Waals surface area contributed by atoms with Crippen molar-refractivity contribution in [3.8, 4) is 0 Å². The summed E-state index contributed by atoms with van der Waals surface area (Å²) in [5.41, 5.74) is 0.514. The van der Waals surface area contributed by atoms with E-state index < -0.39 is 16.1 Å². The van der Waals surface area contributed by atoms with Crippen LogP contribution in [0, 0.1) is 5.92 Å². The van der Waals surface area contributed by atoms with Gasteiger partial charge in [-0.15, -0.1) is 0 Å². The van der Waals surface area contributed by atoms with E-state index in [1.807, 2.05) is 19.9 Å². The number of sulfonamides is 1. The van der Waals surface area contributed by atoms with Crippen LogP contribution in [-0.2, 0) is 14.8 Å². The maximum absolute atomic E-state index is 12.8. The summed E-state index contributed by atoms with van der Waals surface area (Å²) in [7, 11) is -3.19. The lowest BCUT2D eigenvalue weighted by molar-refractivity contribution is -0.125. The van der Waals surface area contributed by atoms with Crippen molar-refractivity contribution in [1.29, 1.82) is 0 Å². The van der Waals surface area contributed by atoms with Gasteiger partial charge in [0.25, 0.3) is 5.91 Å². The SMILES string of the molecule is CCC(C)C(NC(=O)c1ccccc1)C(=O)NC1CCN(S(C)(=O)=O)CC1. The van der Waals surface area contributed by atoms with Crippen LogP contribution >= 0.6 is 0 Å². The molecular formula is C19H29N3O4S. The Morgan fingerprint density at radius 3 is 2.30 bits per heavy atom. The van der Waals surface area contributed by atoms with Crippen molar-refractivity contribution in [3.63, 3.8) is 0 Å². The van der Waals surface area contributed by atoms with E-state index in [9.17, 15) is 18.0 Å². The molecule has 1 aliphatic heterocycles. The topological polar surface area (TPSA) is 95.6 Å². The van der Waals surface area contributed by atoms with Gasteiger partial charge in [0.05, 0.1) is 6.26 Å². The number of hydrogen-bond acceptors (Lipinski definition) is 4. The predicted octanol–water partition coefficient (Wildman–Crippen LogP) is 1.37. The van der Waals surface area contributed by atoms with Gasteiger partial charge in [-0.25, -0.2) is 12.7 Å². The van der Waals surface area contributed by atoms with E-state index >= 15 is 0 Å². The third kappa shape index (κ3) is 6.04. The first-order valence-corrected chi connectivity index (χ1v) is 11.2. The maximum Gasteiger partial charge on any atom is 0.251 e. The van der Waals surface area contributed by atoms with Gasteiger partial charge in [-0.2, -0.15) is 0 Å². The summed E-state index contributed by atoms with van der Waals surface area (Å²) in [6, 6.07) is 8.10. The van der Waals surface area contributed by atoms with Crippen LogP contribution in [0.1, 0.15) is 43.5 Å². The molecule has 0 saturated carbocycles. The lowest BCUT2D eigenvalue weighted by Crippen LogP contribution is -2.54. The minimum atomic E-state index is -3.19. The first-order chi connectivity index (χ1) is 12.7. The second kappa shape index (κ2) is 9.32. The Hall–Kier alpha value is -1.93.